The molecule has 5 nitrogen and oxygen atoms in total. The van der Waals surface area contributed by atoms with Gasteiger partial charge >= 0.3 is 12.1 Å². The topological polar surface area (TPSA) is 55.8 Å². The molecule has 0 aromatic carbocycles. The van der Waals surface area contributed by atoms with Crippen molar-refractivity contribution >= 4 is 12.1 Å². The molecule has 24 heavy (non-hydrogen) atoms. The summed E-state index contributed by atoms with van der Waals surface area (Å²) in [7, 11) is 0. The van der Waals surface area contributed by atoms with Gasteiger partial charge in [0.1, 0.15) is 0 Å². The third-order valence-electron chi connectivity index (χ3n) is 4.55. The van der Waals surface area contributed by atoms with Crippen molar-refractivity contribution in [2.75, 3.05) is 26.3 Å². The average molecular weight is 341 g/mol. The third kappa shape index (κ3) is 8.55. The van der Waals surface area contributed by atoms with E-state index in [4.69, 9.17) is 9.47 Å². The number of likely N-dealkylation sites (tertiary alicyclic amines) is 1. The van der Waals surface area contributed by atoms with Crippen molar-refractivity contribution < 1.29 is 19.1 Å². The quantitative estimate of drug-likeness (QED) is 0.409. The Hall–Kier alpha value is -1.26. The van der Waals surface area contributed by atoms with Crippen LogP contribution in [-0.2, 0) is 14.3 Å². The standard InChI is InChI=1S/C19H35NO4/c1-3-5-7-8-9-10-16-23-18(21)17-11-13-20(14-12-17)19(22)24-15-6-4-2/h17H,3-16H2,1-2H3. The lowest BCUT2D eigenvalue weighted by molar-refractivity contribution is -0.150. The molecule has 1 aliphatic rings. The van der Waals surface area contributed by atoms with Crippen LogP contribution in [0.4, 0.5) is 4.79 Å². The van der Waals surface area contributed by atoms with Crippen LogP contribution >= 0.6 is 0 Å². The van der Waals surface area contributed by atoms with E-state index in [0.29, 0.717) is 39.1 Å². The first-order valence-electron chi connectivity index (χ1n) is 9.77. The van der Waals surface area contributed by atoms with Crippen LogP contribution in [0.2, 0.25) is 0 Å². The summed E-state index contributed by atoms with van der Waals surface area (Å²) in [5.74, 6) is -0.160. The highest BCUT2D eigenvalue weighted by Gasteiger charge is 2.28. The number of carbonyl (C=O) groups excluding carboxylic acids is 2. The maximum atomic E-state index is 12.1. The second kappa shape index (κ2) is 13.1. The van der Waals surface area contributed by atoms with Gasteiger partial charge < -0.3 is 14.4 Å². The maximum absolute atomic E-state index is 12.1. The van der Waals surface area contributed by atoms with Gasteiger partial charge in [0.15, 0.2) is 0 Å². The van der Waals surface area contributed by atoms with Crippen molar-refractivity contribution in [1.82, 2.24) is 4.90 Å². The number of amides is 1. The molecule has 1 heterocycles. The first-order chi connectivity index (χ1) is 11.7. The number of ether oxygens (including phenoxy) is 2. The summed E-state index contributed by atoms with van der Waals surface area (Å²) in [5.41, 5.74) is 0. The molecule has 0 N–H and O–H groups in total. The Morgan fingerprint density at radius 2 is 1.42 bits per heavy atom. The van der Waals surface area contributed by atoms with Crippen LogP contribution < -0.4 is 0 Å². The number of carbonyl (C=O) groups is 2. The molecule has 1 aliphatic heterocycles. The molecule has 0 atom stereocenters. The van der Waals surface area contributed by atoms with Crippen LogP contribution in [0.15, 0.2) is 0 Å². The zero-order chi connectivity index (χ0) is 17.6. The molecule has 0 aromatic rings. The molecule has 0 spiro atoms. The van der Waals surface area contributed by atoms with Crippen molar-refractivity contribution in [2.24, 2.45) is 5.92 Å². The second-order valence-corrected chi connectivity index (χ2v) is 6.66. The van der Waals surface area contributed by atoms with Gasteiger partial charge in [-0.15, -0.1) is 0 Å². The predicted octanol–water partition coefficient (Wildman–Crippen LogP) is 4.54. The molecule has 1 amide bonds. The second-order valence-electron chi connectivity index (χ2n) is 6.66. The van der Waals surface area contributed by atoms with E-state index in [1.165, 1.54) is 25.7 Å². The molecule has 0 bridgehead atoms. The molecule has 140 valence electrons. The Labute approximate surface area is 147 Å². The fourth-order valence-corrected chi connectivity index (χ4v) is 2.87. The fraction of sp³-hybridized carbons (Fsp3) is 0.895. The molecule has 5 heteroatoms. The van der Waals surface area contributed by atoms with E-state index in [1.54, 1.807) is 4.90 Å². The Morgan fingerprint density at radius 3 is 2.08 bits per heavy atom. The highest BCUT2D eigenvalue weighted by molar-refractivity contribution is 5.73. The van der Waals surface area contributed by atoms with Gasteiger partial charge in [0.2, 0.25) is 0 Å². The molecule has 1 saturated heterocycles. The van der Waals surface area contributed by atoms with Gasteiger partial charge in [-0.05, 0) is 25.7 Å². The summed E-state index contributed by atoms with van der Waals surface area (Å²) in [5, 5.41) is 0. The Morgan fingerprint density at radius 1 is 0.833 bits per heavy atom. The highest BCUT2D eigenvalue weighted by Crippen LogP contribution is 2.19. The van der Waals surface area contributed by atoms with Crippen LogP contribution in [0, 0.1) is 5.92 Å². The molecular weight excluding hydrogens is 306 g/mol. The number of rotatable bonds is 11. The number of hydrogen-bond acceptors (Lipinski definition) is 4. The maximum Gasteiger partial charge on any atom is 0.409 e. The molecule has 0 saturated carbocycles. The van der Waals surface area contributed by atoms with E-state index < -0.39 is 0 Å². The van der Waals surface area contributed by atoms with E-state index >= 15 is 0 Å². The zero-order valence-electron chi connectivity index (χ0n) is 15.6. The minimum Gasteiger partial charge on any atom is -0.465 e. The molecule has 0 radical (unpaired) electrons. The number of unbranched alkanes of at least 4 members (excludes halogenated alkanes) is 6. The lowest BCUT2D eigenvalue weighted by atomic mass is 9.97. The first kappa shape index (κ1) is 20.8. The van der Waals surface area contributed by atoms with Gasteiger partial charge in [-0.25, -0.2) is 4.79 Å². The van der Waals surface area contributed by atoms with Crippen molar-refractivity contribution in [3.63, 3.8) is 0 Å². The SMILES string of the molecule is CCCCCCCCOC(=O)C1CCN(C(=O)OCCCC)CC1. The van der Waals surface area contributed by atoms with Gasteiger partial charge in [0.25, 0.3) is 0 Å². The minimum absolute atomic E-state index is 0.0650. The van der Waals surface area contributed by atoms with Crippen molar-refractivity contribution in [3.05, 3.63) is 0 Å². The number of esters is 1. The van der Waals surface area contributed by atoms with E-state index in [2.05, 4.69) is 13.8 Å². The monoisotopic (exact) mass is 341 g/mol. The number of piperidine rings is 1. The molecule has 0 aromatic heterocycles. The van der Waals surface area contributed by atoms with E-state index in [0.717, 1.165) is 25.7 Å². The Bertz CT molecular complexity index is 351. The normalized spacial score (nSPS) is 15.3. The van der Waals surface area contributed by atoms with Crippen LogP contribution in [0.5, 0.6) is 0 Å². The third-order valence-corrected chi connectivity index (χ3v) is 4.55. The summed E-state index contributed by atoms with van der Waals surface area (Å²) >= 11 is 0. The van der Waals surface area contributed by atoms with E-state index in [9.17, 15) is 9.59 Å². The van der Waals surface area contributed by atoms with Gasteiger partial charge in [-0.3, -0.25) is 4.79 Å². The molecule has 0 unspecified atom stereocenters. The van der Waals surface area contributed by atoms with Gasteiger partial charge in [0, 0.05) is 13.1 Å². The van der Waals surface area contributed by atoms with Crippen molar-refractivity contribution in [3.8, 4) is 0 Å². The fourth-order valence-electron chi connectivity index (χ4n) is 2.87. The molecular formula is C19H35NO4. The van der Waals surface area contributed by atoms with Crippen LogP contribution in [-0.4, -0.2) is 43.3 Å². The van der Waals surface area contributed by atoms with Crippen molar-refractivity contribution in [1.29, 1.82) is 0 Å². The molecule has 1 fully saturated rings. The van der Waals surface area contributed by atoms with Gasteiger partial charge in [0.05, 0.1) is 19.1 Å². The lowest BCUT2D eigenvalue weighted by Gasteiger charge is -2.30. The number of hydrogen-bond donors (Lipinski definition) is 0. The summed E-state index contributed by atoms with van der Waals surface area (Å²) < 4.78 is 10.6. The largest absolute Gasteiger partial charge is 0.465 e. The van der Waals surface area contributed by atoms with Gasteiger partial charge in [-0.2, -0.15) is 0 Å². The average Bonchev–Trinajstić information content (AvgIpc) is 2.61. The lowest BCUT2D eigenvalue weighted by Crippen LogP contribution is -2.41. The zero-order valence-corrected chi connectivity index (χ0v) is 15.6. The summed E-state index contributed by atoms with van der Waals surface area (Å²) in [6.45, 7) is 6.46. The highest BCUT2D eigenvalue weighted by atomic mass is 16.6. The van der Waals surface area contributed by atoms with Crippen LogP contribution in [0.25, 0.3) is 0 Å². The first-order valence-corrected chi connectivity index (χ1v) is 9.77. The molecule has 0 aliphatic carbocycles. The number of nitrogens with zero attached hydrogens (tertiary/aromatic N) is 1. The van der Waals surface area contributed by atoms with Gasteiger partial charge in [-0.1, -0.05) is 52.4 Å². The van der Waals surface area contributed by atoms with Crippen molar-refractivity contribution in [2.45, 2.75) is 78.1 Å². The Kier molecular flexibility index (Phi) is 11.3. The van der Waals surface area contributed by atoms with E-state index in [-0.39, 0.29) is 18.0 Å². The van der Waals surface area contributed by atoms with Crippen LogP contribution in [0.1, 0.15) is 78.1 Å². The summed E-state index contributed by atoms with van der Waals surface area (Å²) in [6, 6.07) is 0. The van der Waals surface area contributed by atoms with Crippen LogP contribution in [0.3, 0.4) is 0 Å². The smallest absolute Gasteiger partial charge is 0.409 e. The summed E-state index contributed by atoms with van der Waals surface area (Å²) in [6.07, 6.45) is 10.2. The predicted molar refractivity (Wildman–Crippen MR) is 94.9 cm³/mol. The summed E-state index contributed by atoms with van der Waals surface area (Å²) in [4.78, 5) is 25.6. The molecule has 1 rings (SSSR count). The minimum atomic E-state index is -0.248. The Balaban J connectivity index is 2.09. The van der Waals surface area contributed by atoms with E-state index in [1.807, 2.05) is 0 Å².